The number of nitrogens with zero attached hydrogens (tertiary/aromatic N) is 2. The van der Waals surface area contributed by atoms with E-state index in [4.69, 9.17) is 4.74 Å². The maximum atomic E-state index is 11.9. The smallest absolute Gasteiger partial charge is 0.260 e. The molecule has 0 saturated heterocycles. The zero-order valence-electron chi connectivity index (χ0n) is 16.7. The van der Waals surface area contributed by atoms with Crippen molar-refractivity contribution in [3.8, 4) is 17.0 Å². The van der Waals surface area contributed by atoms with Crippen molar-refractivity contribution in [1.29, 1.82) is 0 Å². The lowest BCUT2D eigenvalue weighted by Gasteiger charge is -2.17. The quantitative estimate of drug-likeness (QED) is 0.457. The van der Waals surface area contributed by atoms with E-state index in [1.807, 2.05) is 48.6 Å². The predicted octanol–water partition coefficient (Wildman–Crippen LogP) is 3.63. The number of hydrogen-bond acceptors (Lipinski definition) is 5. The van der Waals surface area contributed by atoms with Crippen molar-refractivity contribution in [2.45, 2.75) is 19.4 Å². The van der Waals surface area contributed by atoms with Crippen LogP contribution in [0.3, 0.4) is 0 Å². The molecule has 1 aromatic carbocycles. The molecule has 0 aliphatic carbocycles. The summed E-state index contributed by atoms with van der Waals surface area (Å²) in [5.41, 5.74) is 3.01. The highest BCUT2D eigenvalue weighted by atomic mass is 16.5. The number of ether oxygens (including phenoxy) is 1. The van der Waals surface area contributed by atoms with Crippen molar-refractivity contribution in [2.75, 3.05) is 6.61 Å². The Hall–Kier alpha value is -3.71. The minimum Gasteiger partial charge on any atom is -0.491 e. The van der Waals surface area contributed by atoms with E-state index in [1.54, 1.807) is 26.1 Å². The molecule has 4 rings (SSSR count). The third kappa shape index (κ3) is 4.64. The van der Waals surface area contributed by atoms with Gasteiger partial charge in [0.05, 0.1) is 23.0 Å². The van der Waals surface area contributed by atoms with Crippen LogP contribution < -0.4 is 10.3 Å². The molecule has 30 heavy (non-hydrogen) atoms. The van der Waals surface area contributed by atoms with Gasteiger partial charge in [-0.1, -0.05) is 18.2 Å². The summed E-state index contributed by atoms with van der Waals surface area (Å²) >= 11 is 0. The highest BCUT2D eigenvalue weighted by molar-refractivity contribution is 5.82. The summed E-state index contributed by atoms with van der Waals surface area (Å²) in [4.78, 5) is 26.2. The first-order valence-corrected chi connectivity index (χ1v) is 9.54. The van der Waals surface area contributed by atoms with Crippen molar-refractivity contribution >= 4 is 23.2 Å². The Morgan fingerprint density at radius 1 is 1.10 bits per heavy atom. The fourth-order valence-electron chi connectivity index (χ4n) is 2.93. The molecule has 0 aliphatic heterocycles. The van der Waals surface area contributed by atoms with E-state index in [0.717, 1.165) is 22.5 Å². The molecule has 152 valence electrons. The van der Waals surface area contributed by atoms with E-state index < -0.39 is 5.60 Å². The van der Waals surface area contributed by atoms with E-state index in [0.29, 0.717) is 16.8 Å². The number of benzene rings is 1. The number of pyridine rings is 1. The number of aliphatic hydroxyl groups is 1. The average Bonchev–Trinajstić information content (AvgIpc) is 3.17. The molecule has 0 bridgehead atoms. The van der Waals surface area contributed by atoms with Crippen LogP contribution in [-0.4, -0.2) is 37.3 Å². The van der Waals surface area contributed by atoms with Gasteiger partial charge in [-0.05, 0) is 55.8 Å². The molecule has 0 saturated carbocycles. The van der Waals surface area contributed by atoms with Crippen LogP contribution in [0.1, 0.15) is 25.1 Å². The summed E-state index contributed by atoms with van der Waals surface area (Å²) in [5, 5.41) is 10.3. The van der Waals surface area contributed by atoms with Crippen LogP contribution >= 0.6 is 0 Å². The Labute approximate surface area is 173 Å². The first-order valence-electron chi connectivity index (χ1n) is 9.54. The average molecular weight is 402 g/mol. The number of aromatic amines is 2. The largest absolute Gasteiger partial charge is 0.491 e. The minimum absolute atomic E-state index is 0.174. The van der Waals surface area contributed by atoms with E-state index in [9.17, 15) is 9.90 Å². The molecule has 0 aliphatic rings. The molecule has 0 atom stereocenters. The van der Waals surface area contributed by atoms with Crippen molar-refractivity contribution in [1.82, 2.24) is 19.9 Å². The fourth-order valence-corrected chi connectivity index (χ4v) is 2.93. The van der Waals surface area contributed by atoms with Gasteiger partial charge in [0.2, 0.25) is 0 Å². The molecule has 3 heterocycles. The van der Waals surface area contributed by atoms with Gasteiger partial charge in [-0.15, -0.1) is 0 Å². The number of fused-ring (bicyclic) bond motifs is 1. The van der Waals surface area contributed by atoms with Crippen LogP contribution in [0.15, 0.2) is 59.8 Å². The van der Waals surface area contributed by atoms with Crippen molar-refractivity contribution in [2.24, 2.45) is 0 Å². The first kappa shape index (κ1) is 19.6. The monoisotopic (exact) mass is 402 g/mol. The number of hydrogen-bond donors (Lipinski definition) is 3. The maximum absolute atomic E-state index is 11.9. The second kappa shape index (κ2) is 7.96. The van der Waals surface area contributed by atoms with Gasteiger partial charge in [-0.25, -0.2) is 4.98 Å². The summed E-state index contributed by atoms with van der Waals surface area (Å²) in [6.07, 6.45) is 6.99. The Morgan fingerprint density at radius 3 is 2.63 bits per heavy atom. The van der Waals surface area contributed by atoms with Gasteiger partial charge in [-0.3, -0.25) is 9.78 Å². The fraction of sp³-hybridized carbons (Fsp3) is 0.174. The lowest BCUT2D eigenvalue weighted by molar-refractivity contribution is 0.0285. The molecule has 7 heteroatoms. The molecular formula is C23H22N4O3. The van der Waals surface area contributed by atoms with E-state index in [-0.39, 0.29) is 12.2 Å². The Balaban J connectivity index is 1.50. The summed E-state index contributed by atoms with van der Waals surface area (Å²) in [5.74, 6) is 0.705. The Kier molecular flexibility index (Phi) is 5.20. The van der Waals surface area contributed by atoms with Gasteiger partial charge < -0.3 is 19.8 Å². The molecular weight excluding hydrogens is 380 g/mol. The normalized spacial score (nSPS) is 12.0. The standard InChI is InChI=1S/C23H22N4O3/c1-23(2,29)13-30-18-7-4-15(5-8-18)3-6-17-11-16(9-10-24-17)20-12-19-21(27-20)25-14-26-22(19)28/h3-12,14,29H,13H2,1-2H3,(H2,25,26,27,28)/b6-3+. The van der Waals surface area contributed by atoms with Crippen LogP contribution in [0, 0.1) is 0 Å². The summed E-state index contributed by atoms with van der Waals surface area (Å²) < 4.78 is 5.57. The lowest BCUT2D eigenvalue weighted by atomic mass is 10.1. The second-order valence-electron chi connectivity index (χ2n) is 7.65. The molecule has 0 amide bonds. The number of H-pyrrole nitrogens is 2. The topological polar surface area (TPSA) is 104 Å². The zero-order chi connectivity index (χ0) is 21.1. The molecule has 4 aromatic rings. The molecule has 0 radical (unpaired) electrons. The van der Waals surface area contributed by atoms with E-state index >= 15 is 0 Å². The van der Waals surface area contributed by atoms with Crippen LogP contribution in [-0.2, 0) is 0 Å². The van der Waals surface area contributed by atoms with Crippen LogP contribution in [0.25, 0.3) is 34.4 Å². The van der Waals surface area contributed by atoms with Crippen LogP contribution in [0.4, 0.5) is 0 Å². The maximum Gasteiger partial charge on any atom is 0.260 e. The van der Waals surface area contributed by atoms with Gasteiger partial charge in [0.1, 0.15) is 18.0 Å². The zero-order valence-corrected chi connectivity index (χ0v) is 16.7. The predicted molar refractivity (Wildman–Crippen MR) is 117 cm³/mol. The van der Waals surface area contributed by atoms with E-state index in [2.05, 4.69) is 19.9 Å². The Bertz CT molecular complexity index is 1250. The van der Waals surface area contributed by atoms with Gasteiger partial charge in [0.15, 0.2) is 0 Å². The summed E-state index contributed by atoms with van der Waals surface area (Å²) in [7, 11) is 0. The van der Waals surface area contributed by atoms with Gasteiger partial charge in [-0.2, -0.15) is 0 Å². The third-order valence-corrected chi connectivity index (χ3v) is 4.44. The number of aromatic nitrogens is 4. The van der Waals surface area contributed by atoms with Gasteiger partial charge >= 0.3 is 0 Å². The second-order valence-corrected chi connectivity index (χ2v) is 7.65. The lowest BCUT2D eigenvalue weighted by Crippen LogP contribution is -2.27. The van der Waals surface area contributed by atoms with E-state index in [1.165, 1.54) is 6.33 Å². The number of rotatable bonds is 6. The minimum atomic E-state index is -0.871. The molecule has 3 aromatic heterocycles. The number of nitrogens with one attached hydrogen (secondary N) is 2. The Morgan fingerprint density at radius 2 is 1.90 bits per heavy atom. The molecule has 7 nitrogen and oxygen atoms in total. The molecule has 0 spiro atoms. The van der Waals surface area contributed by atoms with Crippen LogP contribution in [0.5, 0.6) is 5.75 Å². The first-order chi connectivity index (χ1) is 14.4. The molecule has 3 N–H and O–H groups in total. The summed E-state index contributed by atoms with van der Waals surface area (Å²) in [6, 6.07) is 13.2. The highest BCUT2D eigenvalue weighted by Crippen LogP contribution is 2.22. The van der Waals surface area contributed by atoms with Crippen molar-refractivity contribution in [3.63, 3.8) is 0 Å². The van der Waals surface area contributed by atoms with Crippen molar-refractivity contribution < 1.29 is 9.84 Å². The van der Waals surface area contributed by atoms with Crippen molar-refractivity contribution in [3.05, 3.63) is 76.6 Å². The third-order valence-electron chi connectivity index (χ3n) is 4.44. The molecule has 0 unspecified atom stereocenters. The summed E-state index contributed by atoms with van der Waals surface area (Å²) in [6.45, 7) is 3.64. The molecule has 0 fully saturated rings. The van der Waals surface area contributed by atoms with Crippen LogP contribution in [0.2, 0.25) is 0 Å². The van der Waals surface area contributed by atoms with Gasteiger partial charge in [0, 0.05) is 17.5 Å². The SMILES string of the molecule is CC(C)(O)COc1ccc(/C=C/c2cc(-c3cc4c(=O)[nH]cnc4[nH]3)ccn2)cc1. The highest BCUT2D eigenvalue weighted by Gasteiger charge is 2.13. The van der Waals surface area contributed by atoms with Gasteiger partial charge in [0.25, 0.3) is 5.56 Å².